The van der Waals surface area contributed by atoms with Gasteiger partial charge in [-0.1, -0.05) is 43.7 Å². The third-order valence-corrected chi connectivity index (χ3v) is 6.25. The maximum atomic E-state index is 13.8. The quantitative estimate of drug-likeness (QED) is 0.307. The molecular weight excluding hydrogens is 474 g/mol. The Bertz CT molecular complexity index is 1340. The van der Waals surface area contributed by atoms with E-state index in [2.05, 4.69) is 12.2 Å². The Balaban J connectivity index is 1.57. The second-order valence-corrected chi connectivity index (χ2v) is 8.83. The van der Waals surface area contributed by atoms with Crippen molar-refractivity contribution in [3.05, 3.63) is 76.7 Å². The Labute approximate surface area is 204 Å². The molecule has 6 nitrogen and oxygen atoms in total. The fraction of sp³-hybridized carbons (Fsp3) is 0.192. The Morgan fingerprint density at radius 2 is 1.91 bits per heavy atom. The molecule has 1 fully saturated rings. The second kappa shape index (κ2) is 10.7. The van der Waals surface area contributed by atoms with Gasteiger partial charge in [0, 0.05) is 11.6 Å². The predicted octanol–water partition coefficient (Wildman–Crippen LogP) is 5.97. The van der Waals surface area contributed by atoms with E-state index in [1.54, 1.807) is 6.08 Å². The van der Waals surface area contributed by atoms with Crippen LogP contribution in [0.3, 0.4) is 0 Å². The molecule has 3 aromatic carbocycles. The number of thioether (sulfide) groups is 1. The van der Waals surface area contributed by atoms with E-state index in [0.29, 0.717) is 35.7 Å². The number of carbonyl (C=O) groups excluding carboxylic acids is 3. The van der Waals surface area contributed by atoms with Crippen molar-refractivity contribution in [2.45, 2.75) is 19.8 Å². The zero-order valence-electron chi connectivity index (χ0n) is 18.8. The van der Waals surface area contributed by atoms with Crippen molar-refractivity contribution < 1.29 is 27.9 Å². The first-order valence-electron chi connectivity index (χ1n) is 11.0. The molecule has 4 rings (SSSR count). The van der Waals surface area contributed by atoms with Gasteiger partial charge in [0.1, 0.15) is 23.9 Å². The molecule has 0 aliphatic carbocycles. The summed E-state index contributed by atoms with van der Waals surface area (Å²) in [6.07, 6.45) is 3.43. The van der Waals surface area contributed by atoms with Crippen molar-refractivity contribution >= 4 is 51.4 Å². The van der Waals surface area contributed by atoms with Crippen molar-refractivity contribution in [3.63, 3.8) is 0 Å². The summed E-state index contributed by atoms with van der Waals surface area (Å²) in [5.74, 6) is -2.58. The van der Waals surface area contributed by atoms with Gasteiger partial charge >= 0.3 is 0 Å². The van der Waals surface area contributed by atoms with E-state index in [1.807, 2.05) is 36.4 Å². The zero-order valence-corrected chi connectivity index (χ0v) is 19.7. The number of hydrogen-bond donors (Lipinski definition) is 1. The number of nitrogens with one attached hydrogen (secondary N) is 1. The van der Waals surface area contributed by atoms with E-state index in [1.165, 1.54) is 0 Å². The van der Waals surface area contributed by atoms with Gasteiger partial charge in [-0.2, -0.15) is 0 Å². The van der Waals surface area contributed by atoms with E-state index in [-0.39, 0.29) is 10.6 Å². The van der Waals surface area contributed by atoms with E-state index in [0.717, 1.165) is 40.6 Å². The lowest BCUT2D eigenvalue weighted by Crippen LogP contribution is -2.36. The number of nitrogens with zero attached hydrogens (tertiary/aromatic N) is 1. The molecule has 35 heavy (non-hydrogen) atoms. The first-order chi connectivity index (χ1) is 16.9. The van der Waals surface area contributed by atoms with Crippen molar-refractivity contribution in [1.29, 1.82) is 0 Å². The molecule has 1 aliphatic rings. The molecule has 1 heterocycles. The molecule has 0 spiro atoms. The third-order valence-electron chi connectivity index (χ3n) is 5.34. The highest BCUT2D eigenvalue weighted by atomic mass is 32.2. The molecule has 0 bridgehead atoms. The normalized spacial score (nSPS) is 14.7. The average Bonchev–Trinajstić information content (AvgIpc) is 3.09. The van der Waals surface area contributed by atoms with Gasteiger partial charge in [-0.15, -0.1) is 0 Å². The maximum absolute atomic E-state index is 13.8. The Morgan fingerprint density at radius 1 is 1.11 bits per heavy atom. The summed E-state index contributed by atoms with van der Waals surface area (Å²) in [5, 5.41) is 3.44. The Kier molecular flexibility index (Phi) is 7.45. The molecule has 0 atom stereocenters. The molecule has 9 heteroatoms. The molecule has 0 unspecified atom stereocenters. The summed E-state index contributed by atoms with van der Waals surface area (Å²) in [6, 6.07) is 14.1. The third kappa shape index (κ3) is 5.51. The van der Waals surface area contributed by atoms with Crippen LogP contribution in [-0.4, -0.2) is 35.1 Å². The molecule has 180 valence electrons. The minimum atomic E-state index is -0.959. The summed E-state index contributed by atoms with van der Waals surface area (Å²) < 4.78 is 32.9. The number of halogens is 2. The molecule has 0 saturated carbocycles. The van der Waals surface area contributed by atoms with Crippen LogP contribution < -0.4 is 10.1 Å². The first-order valence-corrected chi connectivity index (χ1v) is 11.8. The summed E-state index contributed by atoms with van der Waals surface area (Å²) in [4.78, 5) is 38.8. The molecule has 0 aromatic heterocycles. The highest BCUT2D eigenvalue weighted by Crippen LogP contribution is 2.37. The van der Waals surface area contributed by atoms with Crippen LogP contribution in [0.15, 0.2) is 59.5 Å². The van der Waals surface area contributed by atoms with Crippen LogP contribution in [0.25, 0.3) is 16.8 Å². The van der Waals surface area contributed by atoms with E-state index in [9.17, 15) is 23.2 Å². The van der Waals surface area contributed by atoms with Gasteiger partial charge < -0.3 is 10.1 Å². The molecular formula is C26H22F2N2O4S. The van der Waals surface area contributed by atoms with Crippen LogP contribution in [-0.2, 0) is 9.59 Å². The number of ether oxygens (including phenoxy) is 1. The number of rotatable bonds is 8. The van der Waals surface area contributed by atoms with Gasteiger partial charge in [-0.05, 0) is 53.2 Å². The number of imide groups is 1. The number of fused-ring (bicyclic) bond motifs is 1. The number of carbonyl (C=O) groups is 3. The van der Waals surface area contributed by atoms with Crippen molar-refractivity contribution in [1.82, 2.24) is 4.90 Å². The highest BCUT2D eigenvalue weighted by Gasteiger charge is 2.36. The van der Waals surface area contributed by atoms with Crippen molar-refractivity contribution in [2.24, 2.45) is 0 Å². The monoisotopic (exact) mass is 496 g/mol. The van der Waals surface area contributed by atoms with Gasteiger partial charge in [0.25, 0.3) is 11.1 Å². The van der Waals surface area contributed by atoms with Crippen molar-refractivity contribution in [2.75, 3.05) is 18.5 Å². The van der Waals surface area contributed by atoms with Crippen LogP contribution in [0.2, 0.25) is 0 Å². The van der Waals surface area contributed by atoms with Crippen molar-refractivity contribution in [3.8, 4) is 5.75 Å². The minimum absolute atomic E-state index is 0.146. The van der Waals surface area contributed by atoms with Gasteiger partial charge in [0.2, 0.25) is 5.91 Å². The molecule has 3 aromatic rings. The fourth-order valence-electron chi connectivity index (χ4n) is 3.57. The van der Waals surface area contributed by atoms with Crippen LogP contribution in [0.1, 0.15) is 25.3 Å². The number of amides is 3. The van der Waals surface area contributed by atoms with Gasteiger partial charge in [-0.25, -0.2) is 8.78 Å². The van der Waals surface area contributed by atoms with E-state index in [4.69, 9.17) is 4.74 Å². The lowest BCUT2D eigenvalue weighted by molar-refractivity contribution is -0.127. The lowest BCUT2D eigenvalue weighted by Gasteiger charge is -2.13. The summed E-state index contributed by atoms with van der Waals surface area (Å²) in [7, 11) is 0. The van der Waals surface area contributed by atoms with Gasteiger partial charge in [0.05, 0.1) is 17.2 Å². The van der Waals surface area contributed by atoms with Crippen LogP contribution >= 0.6 is 11.8 Å². The zero-order chi connectivity index (χ0) is 24.9. The predicted molar refractivity (Wildman–Crippen MR) is 132 cm³/mol. The number of hydrogen-bond acceptors (Lipinski definition) is 5. The molecule has 1 saturated heterocycles. The smallest absolute Gasteiger partial charge is 0.294 e. The van der Waals surface area contributed by atoms with Crippen LogP contribution in [0.5, 0.6) is 5.75 Å². The second-order valence-electron chi connectivity index (χ2n) is 7.84. The maximum Gasteiger partial charge on any atom is 0.294 e. The highest BCUT2D eigenvalue weighted by molar-refractivity contribution is 8.18. The Morgan fingerprint density at radius 3 is 2.69 bits per heavy atom. The lowest BCUT2D eigenvalue weighted by atomic mass is 10.0. The molecule has 1 aliphatic heterocycles. The van der Waals surface area contributed by atoms with Crippen LogP contribution in [0, 0.1) is 11.6 Å². The summed E-state index contributed by atoms with van der Waals surface area (Å²) in [5.41, 5.74) is 0.422. The summed E-state index contributed by atoms with van der Waals surface area (Å²) >= 11 is 0.715. The Hall–Kier alpha value is -3.72. The van der Waals surface area contributed by atoms with E-state index < -0.39 is 35.2 Å². The van der Waals surface area contributed by atoms with Gasteiger partial charge in [0.15, 0.2) is 0 Å². The minimum Gasteiger partial charge on any atom is -0.493 e. The molecule has 1 N–H and O–H groups in total. The van der Waals surface area contributed by atoms with Gasteiger partial charge in [-0.3, -0.25) is 19.3 Å². The number of unbranched alkanes of at least 4 members (excludes halogenated alkanes) is 1. The summed E-state index contributed by atoms with van der Waals surface area (Å²) in [6.45, 7) is 1.97. The number of benzene rings is 3. The molecule has 3 amide bonds. The first kappa shape index (κ1) is 24.4. The largest absolute Gasteiger partial charge is 0.493 e. The number of anilines is 1. The van der Waals surface area contributed by atoms with Crippen LogP contribution in [0.4, 0.5) is 19.3 Å². The fourth-order valence-corrected chi connectivity index (χ4v) is 4.39. The van der Waals surface area contributed by atoms with E-state index >= 15 is 0 Å². The average molecular weight is 497 g/mol. The molecule has 0 radical (unpaired) electrons. The SMILES string of the molecule is CCCCOc1ccc2ccccc2c1/C=C1\SC(=O)N(CC(=O)Nc2ccc(F)cc2F)C1=O. The standard InChI is InChI=1S/C26H22F2N2O4S/c1-2-3-12-34-22-11-8-16-6-4-5-7-18(16)19(22)14-23-25(32)30(26(33)35-23)15-24(31)29-21-10-9-17(27)13-20(21)28/h4-11,13-14H,2-3,12,15H2,1H3,(H,29,31)/b23-14-. The topological polar surface area (TPSA) is 75.7 Å².